The van der Waals surface area contributed by atoms with E-state index in [9.17, 15) is 8.78 Å². The SMILES string of the molecule is Fc1cccc(F)c1-c1ncccc1Br. The van der Waals surface area contributed by atoms with Crippen LogP contribution in [0.2, 0.25) is 0 Å². The van der Waals surface area contributed by atoms with E-state index in [4.69, 9.17) is 0 Å². The molecule has 1 nitrogen and oxygen atoms in total. The van der Waals surface area contributed by atoms with Gasteiger partial charge in [0.1, 0.15) is 11.6 Å². The monoisotopic (exact) mass is 269 g/mol. The van der Waals surface area contributed by atoms with Crippen molar-refractivity contribution in [1.82, 2.24) is 4.98 Å². The number of benzene rings is 1. The second kappa shape index (κ2) is 4.06. The maximum atomic E-state index is 13.4. The molecule has 15 heavy (non-hydrogen) atoms. The molecule has 0 amide bonds. The minimum atomic E-state index is -0.616. The number of hydrogen-bond donors (Lipinski definition) is 0. The van der Waals surface area contributed by atoms with Crippen molar-refractivity contribution >= 4 is 15.9 Å². The van der Waals surface area contributed by atoms with Gasteiger partial charge < -0.3 is 0 Å². The molecule has 2 aromatic rings. The number of nitrogens with zero attached hydrogens (tertiary/aromatic N) is 1. The summed E-state index contributed by atoms with van der Waals surface area (Å²) in [4.78, 5) is 3.94. The van der Waals surface area contributed by atoms with Gasteiger partial charge in [0, 0.05) is 10.7 Å². The van der Waals surface area contributed by atoms with Crippen LogP contribution in [0.5, 0.6) is 0 Å². The molecule has 0 saturated heterocycles. The van der Waals surface area contributed by atoms with Crippen LogP contribution < -0.4 is 0 Å². The summed E-state index contributed by atoms with van der Waals surface area (Å²) in [7, 11) is 0. The molecule has 0 saturated carbocycles. The molecule has 0 radical (unpaired) electrons. The van der Waals surface area contributed by atoms with Crippen LogP contribution in [0.15, 0.2) is 41.0 Å². The van der Waals surface area contributed by atoms with E-state index in [2.05, 4.69) is 20.9 Å². The number of hydrogen-bond acceptors (Lipinski definition) is 1. The van der Waals surface area contributed by atoms with Gasteiger partial charge in [-0.15, -0.1) is 0 Å². The van der Waals surface area contributed by atoms with Gasteiger partial charge in [-0.25, -0.2) is 8.78 Å². The van der Waals surface area contributed by atoms with E-state index in [0.29, 0.717) is 4.47 Å². The summed E-state index contributed by atoms with van der Waals surface area (Å²) in [6.45, 7) is 0. The van der Waals surface area contributed by atoms with Crippen molar-refractivity contribution in [3.05, 3.63) is 52.6 Å². The van der Waals surface area contributed by atoms with Crippen LogP contribution in [0.1, 0.15) is 0 Å². The van der Waals surface area contributed by atoms with Gasteiger partial charge >= 0.3 is 0 Å². The Kier molecular flexibility index (Phi) is 2.77. The first-order valence-corrected chi connectivity index (χ1v) is 5.04. The molecule has 1 aromatic carbocycles. The highest BCUT2D eigenvalue weighted by Gasteiger charge is 2.14. The minimum Gasteiger partial charge on any atom is -0.255 e. The Morgan fingerprint density at radius 3 is 2.27 bits per heavy atom. The molecule has 1 heterocycles. The van der Waals surface area contributed by atoms with Gasteiger partial charge in [-0.05, 0) is 40.2 Å². The highest BCUT2D eigenvalue weighted by Crippen LogP contribution is 2.29. The lowest BCUT2D eigenvalue weighted by Crippen LogP contribution is -1.92. The van der Waals surface area contributed by atoms with Gasteiger partial charge in [0.05, 0.1) is 11.3 Å². The first-order chi connectivity index (χ1) is 7.20. The molecule has 4 heteroatoms. The second-order valence-electron chi connectivity index (χ2n) is 2.93. The Morgan fingerprint density at radius 2 is 1.67 bits per heavy atom. The van der Waals surface area contributed by atoms with Crippen molar-refractivity contribution < 1.29 is 8.78 Å². The first kappa shape index (κ1) is 10.2. The van der Waals surface area contributed by atoms with E-state index < -0.39 is 11.6 Å². The van der Waals surface area contributed by atoms with E-state index in [0.717, 1.165) is 0 Å². The summed E-state index contributed by atoms with van der Waals surface area (Å²) in [5.41, 5.74) is 0.165. The minimum absolute atomic E-state index is 0.107. The van der Waals surface area contributed by atoms with Crippen LogP contribution in [0.3, 0.4) is 0 Å². The molecule has 1 aromatic heterocycles. The van der Waals surface area contributed by atoms with Crippen LogP contribution in [0.4, 0.5) is 8.78 Å². The molecule has 0 fully saturated rings. The highest BCUT2D eigenvalue weighted by atomic mass is 79.9. The Bertz CT molecular complexity index is 479. The Balaban J connectivity index is 2.69. The average Bonchev–Trinajstić information content (AvgIpc) is 2.20. The van der Waals surface area contributed by atoms with Crippen molar-refractivity contribution in [3.63, 3.8) is 0 Å². The van der Waals surface area contributed by atoms with Crippen LogP contribution in [0.25, 0.3) is 11.3 Å². The Labute approximate surface area is 93.9 Å². The maximum absolute atomic E-state index is 13.4. The fourth-order valence-corrected chi connectivity index (χ4v) is 1.75. The van der Waals surface area contributed by atoms with Gasteiger partial charge in [-0.1, -0.05) is 6.07 Å². The number of halogens is 3. The van der Waals surface area contributed by atoms with Crippen LogP contribution in [0, 0.1) is 11.6 Å². The van der Waals surface area contributed by atoms with E-state index in [1.807, 2.05) is 0 Å². The van der Waals surface area contributed by atoms with Gasteiger partial charge in [0.25, 0.3) is 0 Å². The lowest BCUT2D eigenvalue weighted by atomic mass is 10.1. The zero-order valence-corrected chi connectivity index (χ0v) is 9.13. The fourth-order valence-electron chi connectivity index (χ4n) is 1.29. The van der Waals surface area contributed by atoms with Crippen LogP contribution in [-0.4, -0.2) is 4.98 Å². The second-order valence-corrected chi connectivity index (χ2v) is 3.78. The molecule has 0 spiro atoms. The predicted molar refractivity (Wildman–Crippen MR) is 57.3 cm³/mol. The molecule has 0 aliphatic rings. The number of rotatable bonds is 1. The Morgan fingerprint density at radius 1 is 1.00 bits per heavy atom. The fraction of sp³-hybridized carbons (Fsp3) is 0. The molecule has 0 aliphatic heterocycles. The molecule has 0 unspecified atom stereocenters. The summed E-state index contributed by atoms with van der Waals surface area (Å²) in [6, 6.07) is 7.12. The quantitative estimate of drug-likeness (QED) is 0.768. The third-order valence-corrected chi connectivity index (χ3v) is 2.60. The van der Waals surface area contributed by atoms with Crippen LogP contribution >= 0.6 is 15.9 Å². The maximum Gasteiger partial charge on any atom is 0.135 e. The van der Waals surface area contributed by atoms with E-state index >= 15 is 0 Å². The molecular weight excluding hydrogens is 264 g/mol. The summed E-state index contributed by atoms with van der Waals surface area (Å²) >= 11 is 3.21. The van der Waals surface area contributed by atoms with Gasteiger partial charge in [0.15, 0.2) is 0 Å². The first-order valence-electron chi connectivity index (χ1n) is 4.25. The zero-order chi connectivity index (χ0) is 10.8. The molecule has 0 bridgehead atoms. The standard InChI is InChI=1S/C11H6BrF2N/c12-7-3-2-6-15-11(7)10-8(13)4-1-5-9(10)14/h1-6H. The third kappa shape index (κ3) is 1.90. The van der Waals surface area contributed by atoms with E-state index in [1.165, 1.54) is 24.4 Å². The van der Waals surface area contributed by atoms with Crippen molar-refractivity contribution in [2.24, 2.45) is 0 Å². The van der Waals surface area contributed by atoms with Gasteiger partial charge in [-0.2, -0.15) is 0 Å². The molecule has 0 N–H and O–H groups in total. The lowest BCUT2D eigenvalue weighted by molar-refractivity contribution is 0.588. The largest absolute Gasteiger partial charge is 0.255 e. The lowest BCUT2D eigenvalue weighted by Gasteiger charge is -2.05. The summed E-state index contributed by atoms with van der Waals surface area (Å²) < 4.78 is 27.4. The molecular formula is C11H6BrF2N. The zero-order valence-electron chi connectivity index (χ0n) is 7.55. The van der Waals surface area contributed by atoms with Crippen LogP contribution in [-0.2, 0) is 0 Å². The van der Waals surface area contributed by atoms with E-state index in [1.54, 1.807) is 12.1 Å². The predicted octanol–water partition coefficient (Wildman–Crippen LogP) is 3.79. The van der Waals surface area contributed by atoms with Crippen molar-refractivity contribution in [2.75, 3.05) is 0 Å². The summed E-state index contributed by atoms with van der Waals surface area (Å²) in [5, 5.41) is 0. The van der Waals surface area contributed by atoms with Crippen molar-refractivity contribution in [3.8, 4) is 11.3 Å². The van der Waals surface area contributed by atoms with Gasteiger partial charge in [0.2, 0.25) is 0 Å². The summed E-state index contributed by atoms with van der Waals surface area (Å²) in [5.74, 6) is -1.23. The topological polar surface area (TPSA) is 12.9 Å². The normalized spacial score (nSPS) is 10.3. The Hall–Kier alpha value is -1.29. The third-order valence-electron chi connectivity index (χ3n) is 1.96. The molecule has 76 valence electrons. The smallest absolute Gasteiger partial charge is 0.135 e. The average molecular weight is 270 g/mol. The molecule has 0 atom stereocenters. The van der Waals surface area contributed by atoms with E-state index in [-0.39, 0.29) is 11.3 Å². The highest BCUT2D eigenvalue weighted by molar-refractivity contribution is 9.10. The molecule has 0 aliphatic carbocycles. The van der Waals surface area contributed by atoms with Crippen molar-refractivity contribution in [2.45, 2.75) is 0 Å². The number of aromatic nitrogens is 1. The van der Waals surface area contributed by atoms with Gasteiger partial charge in [-0.3, -0.25) is 4.98 Å². The molecule has 2 rings (SSSR count). The van der Waals surface area contributed by atoms with Crippen molar-refractivity contribution in [1.29, 1.82) is 0 Å². The summed E-state index contributed by atoms with van der Waals surface area (Å²) in [6.07, 6.45) is 1.49. The number of pyridine rings is 1.